The third kappa shape index (κ3) is 4.91. The van der Waals surface area contributed by atoms with Crippen LogP contribution in [0.4, 0.5) is 0 Å². The van der Waals surface area contributed by atoms with Crippen LogP contribution in [0.2, 0.25) is 0 Å². The Morgan fingerprint density at radius 3 is 2.61 bits per heavy atom. The molecule has 1 fully saturated rings. The average molecular weight is 277 g/mol. The van der Waals surface area contributed by atoms with Crippen LogP contribution in [0.3, 0.4) is 0 Å². The van der Waals surface area contributed by atoms with E-state index in [0.29, 0.717) is 0 Å². The maximum atomic E-state index is 11.9. The van der Waals surface area contributed by atoms with Crippen molar-refractivity contribution in [3.8, 4) is 0 Å². The molecule has 106 valence electrons. The molecule has 0 spiro atoms. The van der Waals surface area contributed by atoms with Gasteiger partial charge in [-0.3, -0.25) is 4.79 Å². The van der Waals surface area contributed by atoms with E-state index in [1.165, 1.54) is 7.05 Å². The Balaban J connectivity index is 2.39. The van der Waals surface area contributed by atoms with Crippen molar-refractivity contribution in [2.75, 3.05) is 19.3 Å². The number of hydrogen-bond acceptors (Lipinski definition) is 4. The summed E-state index contributed by atoms with van der Waals surface area (Å²) >= 11 is 0. The third-order valence-corrected chi connectivity index (χ3v) is 4.75. The van der Waals surface area contributed by atoms with Crippen LogP contribution in [0.15, 0.2) is 0 Å². The molecule has 18 heavy (non-hydrogen) atoms. The molecule has 0 radical (unpaired) electrons. The van der Waals surface area contributed by atoms with Crippen LogP contribution in [-0.4, -0.2) is 39.7 Å². The molecule has 6 nitrogen and oxygen atoms in total. The summed E-state index contributed by atoms with van der Waals surface area (Å²) in [6.07, 6.45) is 4.87. The first-order chi connectivity index (χ1) is 8.46. The largest absolute Gasteiger partial charge is 0.355 e. The quantitative estimate of drug-likeness (QED) is 0.593. The predicted molar refractivity (Wildman–Crippen MR) is 70.4 cm³/mol. The fourth-order valence-electron chi connectivity index (χ4n) is 2.20. The lowest BCUT2D eigenvalue weighted by atomic mass is 9.95. The van der Waals surface area contributed by atoms with Gasteiger partial charge >= 0.3 is 0 Å². The first-order valence-corrected chi connectivity index (χ1v) is 8.06. The van der Waals surface area contributed by atoms with Crippen molar-refractivity contribution in [1.82, 2.24) is 10.0 Å². The summed E-state index contributed by atoms with van der Waals surface area (Å²) in [7, 11) is -1.90. The molecule has 0 aromatic rings. The number of sulfonamides is 1. The second kappa shape index (κ2) is 7.06. The zero-order valence-corrected chi connectivity index (χ0v) is 11.6. The van der Waals surface area contributed by atoms with Crippen LogP contribution in [0, 0.1) is 5.92 Å². The zero-order valence-electron chi connectivity index (χ0n) is 10.8. The molecule has 0 saturated heterocycles. The second-order valence-electron chi connectivity index (χ2n) is 4.72. The lowest BCUT2D eigenvalue weighted by Crippen LogP contribution is -2.43. The first kappa shape index (κ1) is 15.4. The van der Waals surface area contributed by atoms with E-state index in [4.69, 9.17) is 5.73 Å². The van der Waals surface area contributed by atoms with Gasteiger partial charge in [0, 0.05) is 12.6 Å². The molecule has 0 heterocycles. The van der Waals surface area contributed by atoms with Crippen LogP contribution in [0.25, 0.3) is 0 Å². The van der Waals surface area contributed by atoms with E-state index in [1.807, 2.05) is 0 Å². The summed E-state index contributed by atoms with van der Waals surface area (Å²) in [5, 5.41) is 2.66. The molecule has 0 bridgehead atoms. The van der Waals surface area contributed by atoms with E-state index in [1.54, 1.807) is 0 Å². The molecule has 1 saturated carbocycles. The lowest BCUT2D eigenvalue weighted by molar-refractivity contribution is -0.125. The number of nitrogens with one attached hydrogen (secondary N) is 2. The van der Waals surface area contributed by atoms with Crippen molar-refractivity contribution >= 4 is 15.9 Å². The van der Waals surface area contributed by atoms with E-state index in [-0.39, 0.29) is 30.2 Å². The Labute approximate surface area is 109 Å². The maximum Gasteiger partial charge on any atom is 0.224 e. The van der Waals surface area contributed by atoms with Crippen LogP contribution in [0.5, 0.6) is 0 Å². The summed E-state index contributed by atoms with van der Waals surface area (Å²) in [4.78, 5) is 11.9. The van der Waals surface area contributed by atoms with Crippen LogP contribution >= 0.6 is 0 Å². The van der Waals surface area contributed by atoms with Gasteiger partial charge in [-0.05, 0) is 19.9 Å². The van der Waals surface area contributed by atoms with Gasteiger partial charge < -0.3 is 11.1 Å². The van der Waals surface area contributed by atoms with Crippen molar-refractivity contribution in [2.45, 2.75) is 38.1 Å². The highest BCUT2D eigenvalue weighted by Crippen LogP contribution is 2.22. The normalized spacial score (nSPS) is 25.4. The minimum Gasteiger partial charge on any atom is -0.355 e. The number of rotatable bonds is 5. The molecule has 1 amide bonds. The number of carbonyl (C=O) groups is 1. The smallest absolute Gasteiger partial charge is 0.224 e. The Bertz CT molecular complexity index is 370. The summed E-state index contributed by atoms with van der Waals surface area (Å²) < 4.78 is 24.6. The van der Waals surface area contributed by atoms with Gasteiger partial charge in [0.2, 0.25) is 15.9 Å². The van der Waals surface area contributed by atoms with E-state index in [9.17, 15) is 13.2 Å². The minimum absolute atomic E-state index is 0.100. The highest BCUT2D eigenvalue weighted by atomic mass is 32.2. The Morgan fingerprint density at radius 1 is 1.28 bits per heavy atom. The van der Waals surface area contributed by atoms with Gasteiger partial charge in [-0.2, -0.15) is 0 Å². The minimum atomic E-state index is -3.26. The molecule has 0 aromatic heterocycles. The summed E-state index contributed by atoms with van der Waals surface area (Å²) in [5.41, 5.74) is 5.97. The van der Waals surface area contributed by atoms with Gasteiger partial charge in [0.15, 0.2) is 0 Å². The maximum absolute atomic E-state index is 11.9. The van der Waals surface area contributed by atoms with Crippen molar-refractivity contribution in [3.05, 3.63) is 0 Å². The molecule has 7 heteroatoms. The van der Waals surface area contributed by atoms with Gasteiger partial charge in [0.05, 0.1) is 11.7 Å². The van der Waals surface area contributed by atoms with Crippen molar-refractivity contribution < 1.29 is 13.2 Å². The molecule has 0 aliphatic heterocycles. The molecular formula is C11H23N3O3S. The standard InChI is InChI=1S/C11H23N3O3S/c1-13-18(16,17)8-7-14-11(15)9-5-3-2-4-6-10(9)12/h9-10,13H,2-8,12H2,1H3,(H,14,15). The summed E-state index contributed by atoms with van der Waals surface area (Å²) in [6.45, 7) is 0.130. The number of nitrogens with two attached hydrogens (primary N) is 1. The second-order valence-corrected chi connectivity index (χ2v) is 6.77. The zero-order chi connectivity index (χ0) is 13.6. The van der Waals surface area contributed by atoms with E-state index in [2.05, 4.69) is 10.0 Å². The van der Waals surface area contributed by atoms with Crippen LogP contribution in [-0.2, 0) is 14.8 Å². The van der Waals surface area contributed by atoms with E-state index in [0.717, 1.165) is 32.1 Å². The van der Waals surface area contributed by atoms with E-state index < -0.39 is 10.0 Å². The van der Waals surface area contributed by atoms with Gasteiger partial charge in [0.1, 0.15) is 0 Å². The Morgan fingerprint density at radius 2 is 1.94 bits per heavy atom. The van der Waals surface area contributed by atoms with Gasteiger partial charge in [-0.1, -0.05) is 19.3 Å². The lowest BCUT2D eigenvalue weighted by Gasteiger charge is -2.20. The average Bonchev–Trinajstić information content (AvgIpc) is 2.53. The first-order valence-electron chi connectivity index (χ1n) is 6.41. The fourth-order valence-corrected chi connectivity index (χ4v) is 2.78. The monoisotopic (exact) mass is 277 g/mol. The molecule has 1 aliphatic rings. The fraction of sp³-hybridized carbons (Fsp3) is 0.909. The third-order valence-electron chi connectivity index (χ3n) is 3.39. The number of hydrogen-bond donors (Lipinski definition) is 3. The number of amides is 1. The topological polar surface area (TPSA) is 101 Å². The SMILES string of the molecule is CNS(=O)(=O)CCNC(=O)C1CCCCCC1N. The highest BCUT2D eigenvalue weighted by molar-refractivity contribution is 7.89. The Hall–Kier alpha value is -0.660. The van der Waals surface area contributed by atoms with Crippen molar-refractivity contribution in [3.63, 3.8) is 0 Å². The van der Waals surface area contributed by atoms with Crippen LogP contribution < -0.4 is 15.8 Å². The van der Waals surface area contributed by atoms with Gasteiger partial charge in [0.25, 0.3) is 0 Å². The summed E-state index contributed by atoms with van der Waals surface area (Å²) in [6, 6.07) is -0.103. The van der Waals surface area contributed by atoms with Gasteiger partial charge in [-0.15, -0.1) is 0 Å². The molecular weight excluding hydrogens is 254 g/mol. The van der Waals surface area contributed by atoms with Gasteiger partial charge in [-0.25, -0.2) is 13.1 Å². The molecule has 4 N–H and O–H groups in total. The summed E-state index contributed by atoms with van der Waals surface area (Å²) in [5.74, 6) is -0.391. The predicted octanol–water partition coefficient (Wildman–Crippen LogP) is -0.441. The molecule has 1 aliphatic carbocycles. The number of carbonyl (C=O) groups excluding carboxylic acids is 1. The Kier molecular flexibility index (Phi) is 6.04. The molecule has 2 unspecified atom stereocenters. The van der Waals surface area contributed by atoms with E-state index >= 15 is 0 Å². The molecule has 1 rings (SSSR count). The van der Waals surface area contributed by atoms with Crippen molar-refractivity contribution in [2.24, 2.45) is 11.7 Å². The molecule has 2 atom stereocenters. The van der Waals surface area contributed by atoms with Crippen molar-refractivity contribution in [1.29, 1.82) is 0 Å². The molecule has 0 aromatic carbocycles. The van der Waals surface area contributed by atoms with Crippen LogP contribution in [0.1, 0.15) is 32.1 Å². The highest BCUT2D eigenvalue weighted by Gasteiger charge is 2.26.